The van der Waals surface area contributed by atoms with Crippen LogP contribution in [-0.4, -0.2) is 11.4 Å². The van der Waals surface area contributed by atoms with Crippen LogP contribution in [0.15, 0.2) is 12.1 Å². The van der Waals surface area contributed by atoms with Gasteiger partial charge in [0.2, 0.25) is 5.82 Å². The average Bonchev–Trinajstić information content (AvgIpc) is 2.33. The molecular formula is C11H4F7NO. The topological polar surface area (TPSA) is 32.3 Å². The first-order valence-electron chi connectivity index (χ1n) is 4.95. The molecule has 0 aliphatic carbocycles. The quantitative estimate of drug-likeness (QED) is 0.615. The molecule has 0 radical (unpaired) electrons. The zero-order chi connectivity index (χ0) is 15.2. The van der Waals surface area contributed by atoms with Gasteiger partial charge in [0.1, 0.15) is 0 Å². The molecule has 2 aromatic carbocycles. The van der Waals surface area contributed by atoms with E-state index in [-0.39, 0.29) is 12.1 Å². The number of phenols is 1. The lowest BCUT2D eigenvalue weighted by Crippen LogP contribution is -2.22. The molecule has 0 amide bonds. The summed E-state index contributed by atoms with van der Waals surface area (Å²) in [5.74, 6) is -8.58. The molecular weight excluding hydrogens is 295 g/mol. The maximum Gasteiger partial charge on any atom is 0.482 e. The Kier molecular flexibility index (Phi) is 3.15. The molecule has 0 aliphatic heterocycles. The van der Waals surface area contributed by atoms with Crippen molar-refractivity contribution in [2.75, 3.05) is 5.32 Å². The fourth-order valence-electron chi connectivity index (χ4n) is 1.67. The number of nitrogens with one attached hydrogen (secondary N) is 1. The Balaban J connectivity index is 2.87. The van der Waals surface area contributed by atoms with Crippen LogP contribution < -0.4 is 5.32 Å². The minimum atomic E-state index is -5.14. The summed E-state index contributed by atoms with van der Waals surface area (Å²) < 4.78 is 89.4. The molecule has 0 atom stereocenters. The number of alkyl halides is 3. The number of phenolic OH excluding ortho intramolecular Hbond substituents is 1. The highest BCUT2D eigenvalue weighted by Gasteiger charge is 2.31. The Morgan fingerprint density at radius 2 is 1.35 bits per heavy atom. The smallest absolute Gasteiger partial charge is 0.482 e. The van der Waals surface area contributed by atoms with Gasteiger partial charge in [-0.15, -0.1) is 0 Å². The van der Waals surface area contributed by atoms with Gasteiger partial charge in [0.25, 0.3) is 0 Å². The maximum atomic E-state index is 13.4. The van der Waals surface area contributed by atoms with Gasteiger partial charge in [-0.2, -0.15) is 17.6 Å². The van der Waals surface area contributed by atoms with Gasteiger partial charge in [0.05, 0.1) is 5.69 Å². The molecule has 2 N–H and O–H groups in total. The van der Waals surface area contributed by atoms with E-state index in [1.807, 2.05) is 0 Å². The summed E-state index contributed by atoms with van der Waals surface area (Å²) in [6.45, 7) is 0. The fraction of sp³-hybridized carbons (Fsp3) is 0.0909. The zero-order valence-electron chi connectivity index (χ0n) is 9.25. The van der Waals surface area contributed by atoms with Crippen LogP contribution in [-0.2, 0) is 0 Å². The van der Waals surface area contributed by atoms with E-state index in [0.29, 0.717) is 5.32 Å². The first-order chi connectivity index (χ1) is 9.11. The van der Waals surface area contributed by atoms with Crippen LogP contribution in [0.2, 0.25) is 0 Å². The highest BCUT2D eigenvalue weighted by atomic mass is 19.4. The summed E-state index contributed by atoms with van der Waals surface area (Å²) >= 11 is 0. The molecule has 9 heteroatoms. The summed E-state index contributed by atoms with van der Waals surface area (Å²) in [6, 6.07) is 0.491. The van der Waals surface area contributed by atoms with E-state index in [2.05, 4.69) is 0 Å². The molecule has 20 heavy (non-hydrogen) atoms. The van der Waals surface area contributed by atoms with E-state index in [9.17, 15) is 35.8 Å². The molecule has 0 spiro atoms. The summed E-state index contributed by atoms with van der Waals surface area (Å²) in [5.41, 5.74) is -1.44. The number of anilines is 1. The Morgan fingerprint density at radius 3 is 1.90 bits per heavy atom. The fourth-order valence-corrected chi connectivity index (χ4v) is 1.67. The molecule has 2 aromatic rings. The summed E-state index contributed by atoms with van der Waals surface area (Å²) in [6.07, 6.45) is -5.14. The van der Waals surface area contributed by atoms with Crippen molar-refractivity contribution < 1.29 is 35.8 Å². The average molecular weight is 299 g/mol. The number of halogens is 7. The van der Waals surface area contributed by atoms with Crippen molar-refractivity contribution in [1.82, 2.24) is 0 Å². The maximum absolute atomic E-state index is 13.4. The molecule has 0 unspecified atom stereocenters. The highest BCUT2D eigenvalue weighted by Crippen LogP contribution is 2.38. The van der Waals surface area contributed by atoms with Crippen LogP contribution in [0.1, 0.15) is 0 Å². The minimum absolute atomic E-state index is 0.223. The Hall–Kier alpha value is -2.19. The van der Waals surface area contributed by atoms with Crippen molar-refractivity contribution in [3.05, 3.63) is 35.4 Å². The van der Waals surface area contributed by atoms with Crippen molar-refractivity contribution in [3.63, 3.8) is 0 Å². The normalized spacial score (nSPS) is 11.9. The van der Waals surface area contributed by atoms with Crippen molar-refractivity contribution in [2.24, 2.45) is 0 Å². The third kappa shape index (κ3) is 2.30. The largest absolute Gasteiger partial charge is 0.504 e. The predicted octanol–water partition coefficient (Wildman–Crippen LogP) is 4.03. The number of hydrogen-bond donors (Lipinski definition) is 2. The lowest BCUT2D eigenvalue weighted by Gasteiger charge is -2.15. The van der Waals surface area contributed by atoms with E-state index in [1.54, 1.807) is 0 Å². The number of fused-ring (bicyclic) bond motifs is 1. The van der Waals surface area contributed by atoms with Crippen molar-refractivity contribution in [3.8, 4) is 5.75 Å². The van der Waals surface area contributed by atoms with Gasteiger partial charge in [-0.25, -0.2) is 13.2 Å². The van der Waals surface area contributed by atoms with Crippen molar-refractivity contribution in [2.45, 2.75) is 6.30 Å². The summed E-state index contributed by atoms with van der Waals surface area (Å²) in [7, 11) is 0. The molecule has 2 nitrogen and oxygen atoms in total. The van der Waals surface area contributed by atoms with Crippen LogP contribution in [0, 0.1) is 23.3 Å². The third-order valence-corrected chi connectivity index (χ3v) is 2.47. The van der Waals surface area contributed by atoms with Gasteiger partial charge >= 0.3 is 6.30 Å². The lowest BCUT2D eigenvalue weighted by molar-refractivity contribution is -0.100. The second-order valence-corrected chi connectivity index (χ2v) is 3.79. The highest BCUT2D eigenvalue weighted by molar-refractivity contribution is 5.98. The summed E-state index contributed by atoms with van der Waals surface area (Å²) in [4.78, 5) is 0. The van der Waals surface area contributed by atoms with E-state index in [0.717, 1.165) is 0 Å². The standard InChI is InChI=1S/C11H4F7NO/c12-5-2-4-3(1-6(13)8(15)10(4)20)9(7(5)14)19-11(16,17)18/h1-2,19-20H. The molecule has 0 aromatic heterocycles. The van der Waals surface area contributed by atoms with Crippen LogP contribution in [0.4, 0.5) is 36.4 Å². The lowest BCUT2D eigenvalue weighted by atomic mass is 10.1. The van der Waals surface area contributed by atoms with Gasteiger partial charge in [-0.3, -0.25) is 5.32 Å². The van der Waals surface area contributed by atoms with E-state index < -0.39 is 51.8 Å². The SMILES string of the molecule is Oc1c(F)c(F)cc2c(NC(F)(F)F)c(F)c(F)cc12. The van der Waals surface area contributed by atoms with Crippen LogP contribution in [0.5, 0.6) is 5.75 Å². The molecule has 2 rings (SSSR count). The van der Waals surface area contributed by atoms with E-state index in [1.165, 1.54) is 0 Å². The van der Waals surface area contributed by atoms with E-state index >= 15 is 0 Å². The monoisotopic (exact) mass is 299 g/mol. The van der Waals surface area contributed by atoms with Gasteiger partial charge in [-0.1, -0.05) is 0 Å². The second-order valence-electron chi connectivity index (χ2n) is 3.79. The Bertz CT molecular complexity index is 696. The summed E-state index contributed by atoms with van der Waals surface area (Å²) in [5, 5.41) is 8.31. The molecule has 0 saturated carbocycles. The number of aromatic hydroxyl groups is 1. The first-order valence-corrected chi connectivity index (χ1v) is 4.95. The molecule has 0 fully saturated rings. The predicted molar refractivity (Wildman–Crippen MR) is 55.1 cm³/mol. The molecule has 0 bridgehead atoms. The number of hydrogen-bond acceptors (Lipinski definition) is 2. The molecule has 108 valence electrons. The zero-order valence-corrected chi connectivity index (χ0v) is 9.25. The first kappa shape index (κ1) is 14.2. The second kappa shape index (κ2) is 4.43. The Morgan fingerprint density at radius 1 is 0.850 bits per heavy atom. The molecule has 0 heterocycles. The van der Waals surface area contributed by atoms with Crippen LogP contribution in [0.25, 0.3) is 10.8 Å². The van der Waals surface area contributed by atoms with Gasteiger partial charge in [-0.05, 0) is 12.1 Å². The van der Waals surface area contributed by atoms with E-state index in [4.69, 9.17) is 0 Å². The third-order valence-electron chi connectivity index (χ3n) is 2.47. The van der Waals surface area contributed by atoms with Crippen LogP contribution >= 0.6 is 0 Å². The van der Waals surface area contributed by atoms with Crippen molar-refractivity contribution in [1.29, 1.82) is 0 Å². The van der Waals surface area contributed by atoms with Gasteiger partial charge < -0.3 is 5.11 Å². The van der Waals surface area contributed by atoms with Gasteiger partial charge in [0, 0.05) is 10.8 Å². The Labute approximate surface area is 106 Å². The minimum Gasteiger partial charge on any atom is -0.504 e. The molecule has 0 saturated heterocycles. The van der Waals surface area contributed by atoms with Crippen LogP contribution in [0.3, 0.4) is 0 Å². The molecule has 0 aliphatic rings. The number of rotatable bonds is 1. The number of benzene rings is 2. The van der Waals surface area contributed by atoms with Gasteiger partial charge in [0.15, 0.2) is 23.2 Å². The van der Waals surface area contributed by atoms with Crippen molar-refractivity contribution >= 4 is 16.5 Å².